The Labute approximate surface area is 125 Å². The summed E-state index contributed by atoms with van der Waals surface area (Å²) < 4.78 is 10.7. The van der Waals surface area contributed by atoms with E-state index in [2.05, 4.69) is 10.3 Å². The third kappa shape index (κ3) is 3.56. The topological polar surface area (TPSA) is 46.6 Å². The van der Waals surface area contributed by atoms with Crippen molar-refractivity contribution in [1.82, 2.24) is 4.98 Å². The van der Waals surface area contributed by atoms with Gasteiger partial charge in [-0.25, -0.2) is 4.98 Å². The van der Waals surface area contributed by atoms with E-state index in [1.165, 1.54) is 0 Å². The van der Waals surface area contributed by atoms with Gasteiger partial charge in [-0.1, -0.05) is 12.1 Å². The Balaban J connectivity index is 2.09. The van der Waals surface area contributed by atoms with Crippen molar-refractivity contribution in [2.75, 3.05) is 38.5 Å². The van der Waals surface area contributed by atoms with Crippen LogP contribution in [0, 0.1) is 0 Å². The van der Waals surface area contributed by atoms with Gasteiger partial charge in [0.15, 0.2) is 11.5 Å². The third-order valence-corrected chi connectivity index (χ3v) is 3.17. The van der Waals surface area contributed by atoms with Crippen LogP contribution >= 0.6 is 0 Å². The molecule has 0 fully saturated rings. The van der Waals surface area contributed by atoms with Crippen LogP contribution in [0.3, 0.4) is 0 Å². The molecule has 1 aromatic carbocycles. The van der Waals surface area contributed by atoms with Crippen LogP contribution in [0.5, 0.6) is 11.5 Å². The van der Waals surface area contributed by atoms with Crippen LogP contribution in [0.1, 0.15) is 5.56 Å². The average Bonchev–Trinajstić information content (AvgIpc) is 2.52. The van der Waals surface area contributed by atoms with E-state index in [9.17, 15) is 0 Å². The van der Waals surface area contributed by atoms with Gasteiger partial charge in [0.2, 0.25) is 0 Å². The number of hydrogen-bond donors (Lipinski definition) is 1. The first-order valence-corrected chi connectivity index (χ1v) is 6.73. The molecule has 1 N–H and O–H groups in total. The van der Waals surface area contributed by atoms with Crippen molar-refractivity contribution in [3.05, 3.63) is 42.1 Å². The highest BCUT2D eigenvalue weighted by molar-refractivity contribution is 5.51. The van der Waals surface area contributed by atoms with Gasteiger partial charge in [0, 0.05) is 26.2 Å². The van der Waals surface area contributed by atoms with Crippen molar-refractivity contribution < 1.29 is 9.47 Å². The van der Waals surface area contributed by atoms with E-state index in [0.29, 0.717) is 6.54 Å². The molecule has 5 heteroatoms. The van der Waals surface area contributed by atoms with Crippen LogP contribution in [0.2, 0.25) is 0 Å². The van der Waals surface area contributed by atoms with Crippen molar-refractivity contribution in [3.8, 4) is 11.5 Å². The standard InChI is InChI=1S/C16H21N3O2/c1-19(2)15-9-8-13(11-18-15)17-10-12-6-5-7-14(20-3)16(12)21-4/h5-9,11,17H,10H2,1-4H3. The molecule has 0 saturated carbocycles. The molecule has 21 heavy (non-hydrogen) atoms. The van der Waals surface area contributed by atoms with Gasteiger partial charge in [0.25, 0.3) is 0 Å². The maximum Gasteiger partial charge on any atom is 0.165 e. The summed E-state index contributed by atoms with van der Waals surface area (Å²) in [4.78, 5) is 6.34. The predicted octanol–water partition coefficient (Wildman–Crippen LogP) is 2.78. The van der Waals surface area contributed by atoms with Gasteiger partial charge in [0.05, 0.1) is 26.1 Å². The normalized spacial score (nSPS) is 10.1. The summed E-state index contributed by atoms with van der Waals surface area (Å²) in [6.07, 6.45) is 1.82. The molecule has 0 saturated heterocycles. The Morgan fingerprint density at radius 2 is 1.90 bits per heavy atom. The molecule has 0 amide bonds. The first-order chi connectivity index (χ1) is 10.2. The molecule has 1 aromatic heterocycles. The highest BCUT2D eigenvalue weighted by Crippen LogP contribution is 2.31. The fraction of sp³-hybridized carbons (Fsp3) is 0.312. The largest absolute Gasteiger partial charge is 0.493 e. The fourth-order valence-electron chi connectivity index (χ4n) is 2.05. The second-order valence-electron chi connectivity index (χ2n) is 4.81. The van der Waals surface area contributed by atoms with Crippen LogP contribution in [0.4, 0.5) is 11.5 Å². The Hall–Kier alpha value is -2.43. The lowest BCUT2D eigenvalue weighted by molar-refractivity contribution is 0.352. The molecule has 0 aliphatic carbocycles. The second kappa shape index (κ2) is 6.83. The van der Waals surface area contributed by atoms with Crippen LogP contribution in [0.25, 0.3) is 0 Å². The number of rotatable bonds is 6. The van der Waals surface area contributed by atoms with E-state index >= 15 is 0 Å². The highest BCUT2D eigenvalue weighted by atomic mass is 16.5. The summed E-state index contributed by atoms with van der Waals surface area (Å²) in [7, 11) is 7.22. The molecule has 0 spiro atoms. The first-order valence-electron chi connectivity index (χ1n) is 6.73. The zero-order chi connectivity index (χ0) is 15.2. The molecule has 0 unspecified atom stereocenters. The second-order valence-corrected chi connectivity index (χ2v) is 4.81. The summed E-state index contributed by atoms with van der Waals surface area (Å²) in [5, 5.41) is 3.34. The number of anilines is 2. The Morgan fingerprint density at radius 1 is 1.10 bits per heavy atom. The number of nitrogens with zero attached hydrogens (tertiary/aromatic N) is 2. The monoisotopic (exact) mass is 287 g/mol. The molecule has 2 aromatic rings. The number of para-hydroxylation sites is 1. The van der Waals surface area contributed by atoms with E-state index in [1.807, 2.05) is 55.5 Å². The maximum absolute atomic E-state index is 5.42. The van der Waals surface area contributed by atoms with Crippen LogP contribution < -0.4 is 19.7 Å². The summed E-state index contributed by atoms with van der Waals surface area (Å²) >= 11 is 0. The minimum Gasteiger partial charge on any atom is -0.493 e. The zero-order valence-electron chi connectivity index (χ0n) is 12.9. The maximum atomic E-state index is 5.42. The van der Waals surface area contributed by atoms with Gasteiger partial charge in [-0.05, 0) is 18.2 Å². The molecule has 1 heterocycles. The predicted molar refractivity (Wildman–Crippen MR) is 85.4 cm³/mol. The van der Waals surface area contributed by atoms with Gasteiger partial charge in [-0.2, -0.15) is 0 Å². The molecule has 112 valence electrons. The van der Waals surface area contributed by atoms with E-state index in [0.717, 1.165) is 28.6 Å². The molecule has 0 aliphatic heterocycles. The van der Waals surface area contributed by atoms with Crippen LogP contribution in [-0.4, -0.2) is 33.3 Å². The lowest BCUT2D eigenvalue weighted by atomic mass is 10.2. The van der Waals surface area contributed by atoms with E-state index in [1.54, 1.807) is 14.2 Å². The molecular weight excluding hydrogens is 266 g/mol. The Bertz CT molecular complexity index is 583. The van der Waals surface area contributed by atoms with E-state index in [-0.39, 0.29) is 0 Å². The van der Waals surface area contributed by atoms with E-state index < -0.39 is 0 Å². The fourth-order valence-corrected chi connectivity index (χ4v) is 2.05. The summed E-state index contributed by atoms with van der Waals surface area (Å²) in [6, 6.07) is 9.83. The summed E-state index contributed by atoms with van der Waals surface area (Å²) in [6.45, 7) is 0.642. The number of hydrogen-bond acceptors (Lipinski definition) is 5. The summed E-state index contributed by atoms with van der Waals surface area (Å²) in [5.74, 6) is 2.42. The first kappa shape index (κ1) is 15.0. The van der Waals surface area contributed by atoms with Crippen molar-refractivity contribution in [2.24, 2.45) is 0 Å². The highest BCUT2D eigenvalue weighted by Gasteiger charge is 2.09. The van der Waals surface area contributed by atoms with Crippen molar-refractivity contribution >= 4 is 11.5 Å². The molecule has 0 radical (unpaired) electrons. The minimum absolute atomic E-state index is 0.642. The smallest absolute Gasteiger partial charge is 0.165 e. The van der Waals surface area contributed by atoms with E-state index in [4.69, 9.17) is 9.47 Å². The number of methoxy groups -OCH3 is 2. The van der Waals surface area contributed by atoms with Gasteiger partial charge in [0.1, 0.15) is 5.82 Å². The van der Waals surface area contributed by atoms with Crippen molar-refractivity contribution in [3.63, 3.8) is 0 Å². The van der Waals surface area contributed by atoms with Crippen LogP contribution in [-0.2, 0) is 6.54 Å². The SMILES string of the molecule is COc1cccc(CNc2ccc(N(C)C)nc2)c1OC. The van der Waals surface area contributed by atoms with Gasteiger partial charge in [-0.15, -0.1) is 0 Å². The van der Waals surface area contributed by atoms with Crippen molar-refractivity contribution in [2.45, 2.75) is 6.54 Å². The molecule has 0 atom stereocenters. The number of nitrogens with one attached hydrogen (secondary N) is 1. The number of ether oxygens (including phenoxy) is 2. The molecule has 0 bridgehead atoms. The number of aromatic nitrogens is 1. The van der Waals surface area contributed by atoms with Gasteiger partial charge in [-0.3, -0.25) is 0 Å². The zero-order valence-corrected chi connectivity index (χ0v) is 12.9. The average molecular weight is 287 g/mol. The molecular formula is C16H21N3O2. The number of pyridine rings is 1. The number of benzene rings is 1. The Kier molecular flexibility index (Phi) is 4.87. The molecule has 5 nitrogen and oxygen atoms in total. The third-order valence-electron chi connectivity index (χ3n) is 3.17. The van der Waals surface area contributed by atoms with Crippen LogP contribution in [0.15, 0.2) is 36.5 Å². The van der Waals surface area contributed by atoms with Gasteiger partial charge >= 0.3 is 0 Å². The quantitative estimate of drug-likeness (QED) is 0.885. The van der Waals surface area contributed by atoms with Gasteiger partial charge < -0.3 is 19.7 Å². The molecule has 2 rings (SSSR count). The lowest BCUT2D eigenvalue weighted by Crippen LogP contribution is -2.10. The minimum atomic E-state index is 0.642. The molecule has 0 aliphatic rings. The Morgan fingerprint density at radius 3 is 2.48 bits per heavy atom. The lowest BCUT2D eigenvalue weighted by Gasteiger charge is -2.14. The summed E-state index contributed by atoms with van der Waals surface area (Å²) in [5.41, 5.74) is 2.00. The van der Waals surface area contributed by atoms with Crippen molar-refractivity contribution in [1.29, 1.82) is 0 Å².